The van der Waals surface area contributed by atoms with Gasteiger partial charge in [0.2, 0.25) is 0 Å². The number of halogens is 1. The molecule has 0 amide bonds. The molecule has 3 nitrogen and oxygen atoms in total. The van der Waals surface area contributed by atoms with Crippen molar-refractivity contribution in [1.29, 1.82) is 0 Å². The van der Waals surface area contributed by atoms with Gasteiger partial charge in [0.15, 0.2) is 11.6 Å². The maximum absolute atomic E-state index is 14.7. The van der Waals surface area contributed by atoms with Crippen LogP contribution >= 0.6 is 0 Å². The van der Waals surface area contributed by atoms with Crippen LogP contribution < -0.4 is 10.2 Å². The minimum Gasteiger partial charge on any atom is -0.324 e. The van der Waals surface area contributed by atoms with Crippen molar-refractivity contribution < 1.29 is 4.39 Å². The lowest BCUT2D eigenvalue weighted by Crippen LogP contribution is -2.21. The van der Waals surface area contributed by atoms with E-state index in [1.807, 2.05) is 49.9 Å². The zero-order valence-corrected chi connectivity index (χ0v) is 12.9. The van der Waals surface area contributed by atoms with Gasteiger partial charge >= 0.3 is 0 Å². The number of para-hydroxylation sites is 1. The van der Waals surface area contributed by atoms with Crippen LogP contribution in [0, 0.1) is 12.7 Å². The highest BCUT2D eigenvalue weighted by atomic mass is 19.1. The standard InChI is InChI=1S/C17H22FN3/c1-4-19-12-14-10-11-20-17(16(14)18)21(5-2)15-9-7-6-8-13(15)3/h6-11,19H,4-5,12H2,1-3H3. The van der Waals surface area contributed by atoms with Gasteiger partial charge in [0.05, 0.1) is 0 Å². The van der Waals surface area contributed by atoms with Crippen molar-refractivity contribution in [2.75, 3.05) is 18.0 Å². The predicted molar refractivity (Wildman–Crippen MR) is 85.4 cm³/mol. The molecule has 0 aliphatic heterocycles. The van der Waals surface area contributed by atoms with E-state index < -0.39 is 0 Å². The molecule has 1 aromatic carbocycles. The van der Waals surface area contributed by atoms with Gasteiger partial charge in [0, 0.05) is 30.5 Å². The zero-order chi connectivity index (χ0) is 15.2. The molecule has 0 spiro atoms. The summed E-state index contributed by atoms with van der Waals surface area (Å²) in [5.74, 6) is 0.144. The molecule has 1 aromatic heterocycles. The van der Waals surface area contributed by atoms with E-state index in [0.29, 0.717) is 24.5 Å². The van der Waals surface area contributed by atoms with Crippen LogP contribution in [0.1, 0.15) is 25.0 Å². The second kappa shape index (κ2) is 7.18. The fourth-order valence-corrected chi connectivity index (χ4v) is 2.36. The fourth-order valence-electron chi connectivity index (χ4n) is 2.36. The first kappa shape index (κ1) is 15.4. The normalized spacial score (nSPS) is 10.7. The van der Waals surface area contributed by atoms with Gasteiger partial charge < -0.3 is 10.2 Å². The van der Waals surface area contributed by atoms with Crippen molar-refractivity contribution in [1.82, 2.24) is 10.3 Å². The summed E-state index contributed by atoms with van der Waals surface area (Å²) < 4.78 is 14.7. The molecule has 0 saturated carbocycles. The number of rotatable bonds is 6. The number of anilines is 2. The van der Waals surface area contributed by atoms with Gasteiger partial charge in [-0.2, -0.15) is 0 Å². The lowest BCUT2D eigenvalue weighted by molar-refractivity contribution is 0.586. The van der Waals surface area contributed by atoms with Crippen LogP contribution in [0.2, 0.25) is 0 Å². The Morgan fingerprint density at radius 2 is 1.95 bits per heavy atom. The van der Waals surface area contributed by atoms with Gasteiger partial charge in [0.25, 0.3) is 0 Å². The fraction of sp³-hybridized carbons (Fsp3) is 0.353. The zero-order valence-electron chi connectivity index (χ0n) is 12.9. The van der Waals surface area contributed by atoms with E-state index in [-0.39, 0.29) is 5.82 Å². The van der Waals surface area contributed by atoms with Crippen LogP contribution in [0.4, 0.5) is 15.9 Å². The van der Waals surface area contributed by atoms with Crippen LogP contribution in [-0.2, 0) is 6.54 Å². The quantitative estimate of drug-likeness (QED) is 0.876. The molecule has 21 heavy (non-hydrogen) atoms. The Hall–Kier alpha value is -1.94. The van der Waals surface area contributed by atoms with Crippen molar-refractivity contribution >= 4 is 11.5 Å². The summed E-state index contributed by atoms with van der Waals surface area (Å²) in [6, 6.07) is 9.70. The number of benzene rings is 1. The number of aromatic nitrogens is 1. The average molecular weight is 287 g/mol. The summed E-state index contributed by atoms with van der Waals surface area (Å²) in [6.45, 7) is 8.03. The molecule has 112 valence electrons. The van der Waals surface area contributed by atoms with Crippen molar-refractivity contribution in [2.45, 2.75) is 27.3 Å². The summed E-state index contributed by atoms with van der Waals surface area (Å²) in [5, 5.41) is 3.15. The summed E-state index contributed by atoms with van der Waals surface area (Å²) >= 11 is 0. The van der Waals surface area contributed by atoms with Gasteiger partial charge in [0.1, 0.15) is 0 Å². The van der Waals surface area contributed by atoms with Gasteiger partial charge in [-0.15, -0.1) is 0 Å². The Balaban J connectivity index is 2.41. The number of hydrogen-bond donors (Lipinski definition) is 1. The van der Waals surface area contributed by atoms with E-state index in [1.165, 1.54) is 0 Å². The lowest BCUT2D eigenvalue weighted by Gasteiger charge is -2.25. The van der Waals surface area contributed by atoms with Crippen LogP contribution in [0.25, 0.3) is 0 Å². The summed E-state index contributed by atoms with van der Waals surface area (Å²) in [7, 11) is 0. The topological polar surface area (TPSA) is 28.2 Å². The molecule has 4 heteroatoms. The first-order valence-corrected chi connectivity index (χ1v) is 7.36. The molecular weight excluding hydrogens is 265 g/mol. The van der Waals surface area contributed by atoms with E-state index >= 15 is 0 Å². The SMILES string of the molecule is CCNCc1ccnc(N(CC)c2ccccc2C)c1F. The Bertz CT molecular complexity index is 598. The summed E-state index contributed by atoms with van der Waals surface area (Å²) in [4.78, 5) is 6.18. The average Bonchev–Trinajstić information content (AvgIpc) is 2.50. The number of hydrogen-bond acceptors (Lipinski definition) is 3. The highest BCUT2D eigenvalue weighted by Gasteiger charge is 2.17. The van der Waals surface area contributed by atoms with Crippen LogP contribution in [0.15, 0.2) is 36.5 Å². The molecule has 1 heterocycles. The van der Waals surface area contributed by atoms with Crippen LogP contribution in [0.5, 0.6) is 0 Å². The van der Waals surface area contributed by atoms with E-state index in [0.717, 1.165) is 17.8 Å². The Morgan fingerprint density at radius 1 is 1.19 bits per heavy atom. The number of aryl methyl sites for hydroxylation is 1. The molecule has 1 N–H and O–H groups in total. The molecule has 0 radical (unpaired) electrons. The minimum absolute atomic E-state index is 0.247. The lowest BCUT2D eigenvalue weighted by atomic mass is 10.1. The third-order valence-electron chi connectivity index (χ3n) is 3.49. The van der Waals surface area contributed by atoms with Crippen molar-refractivity contribution in [2.24, 2.45) is 0 Å². The minimum atomic E-state index is -0.247. The molecule has 2 aromatic rings. The second-order valence-corrected chi connectivity index (χ2v) is 4.92. The third-order valence-corrected chi connectivity index (χ3v) is 3.49. The van der Waals surface area contributed by atoms with Crippen molar-refractivity contribution in [3.63, 3.8) is 0 Å². The third kappa shape index (κ3) is 3.39. The Labute approximate surface area is 125 Å². The van der Waals surface area contributed by atoms with Crippen LogP contribution in [0.3, 0.4) is 0 Å². The van der Waals surface area contributed by atoms with Gasteiger partial charge in [-0.1, -0.05) is 25.1 Å². The van der Waals surface area contributed by atoms with Crippen molar-refractivity contribution in [3.05, 3.63) is 53.5 Å². The highest BCUT2D eigenvalue weighted by molar-refractivity contribution is 5.64. The maximum atomic E-state index is 14.7. The summed E-state index contributed by atoms with van der Waals surface area (Å²) in [5.41, 5.74) is 2.75. The predicted octanol–water partition coefficient (Wildman–Crippen LogP) is 3.80. The number of pyridine rings is 1. The smallest absolute Gasteiger partial charge is 0.170 e. The molecule has 0 aliphatic rings. The molecule has 0 bridgehead atoms. The first-order chi connectivity index (χ1) is 10.2. The Morgan fingerprint density at radius 3 is 2.62 bits per heavy atom. The largest absolute Gasteiger partial charge is 0.324 e. The van der Waals surface area contributed by atoms with E-state index in [4.69, 9.17) is 0 Å². The van der Waals surface area contributed by atoms with Crippen LogP contribution in [-0.4, -0.2) is 18.1 Å². The molecule has 0 unspecified atom stereocenters. The maximum Gasteiger partial charge on any atom is 0.170 e. The molecule has 0 atom stereocenters. The van der Waals surface area contributed by atoms with Gasteiger partial charge in [-0.25, -0.2) is 9.37 Å². The van der Waals surface area contributed by atoms with E-state index in [2.05, 4.69) is 10.3 Å². The number of nitrogens with zero attached hydrogens (tertiary/aromatic N) is 2. The molecule has 0 saturated heterocycles. The first-order valence-electron chi connectivity index (χ1n) is 7.36. The summed E-state index contributed by atoms with van der Waals surface area (Å²) in [6.07, 6.45) is 1.67. The van der Waals surface area contributed by atoms with E-state index in [1.54, 1.807) is 12.3 Å². The monoisotopic (exact) mass is 287 g/mol. The molecule has 2 rings (SSSR count). The van der Waals surface area contributed by atoms with Gasteiger partial charge in [-0.05, 0) is 38.1 Å². The van der Waals surface area contributed by atoms with Gasteiger partial charge in [-0.3, -0.25) is 0 Å². The number of nitrogens with one attached hydrogen (secondary N) is 1. The van der Waals surface area contributed by atoms with Crippen molar-refractivity contribution in [3.8, 4) is 0 Å². The highest BCUT2D eigenvalue weighted by Crippen LogP contribution is 2.29. The van der Waals surface area contributed by atoms with E-state index in [9.17, 15) is 4.39 Å². The molecule has 0 fully saturated rings. The molecular formula is C17H22FN3. The molecule has 0 aliphatic carbocycles. The second-order valence-electron chi connectivity index (χ2n) is 4.92. The Kier molecular flexibility index (Phi) is 5.28.